The first-order valence-electron chi connectivity index (χ1n) is 5.42. The maximum atomic E-state index is 5.69. The Labute approximate surface area is 101 Å². The predicted octanol–water partition coefficient (Wildman–Crippen LogP) is 1.56. The quantitative estimate of drug-likeness (QED) is 0.791. The predicted molar refractivity (Wildman–Crippen MR) is 68.6 cm³/mol. The average Bonchev–Trinajstić information content (AvgIpc) is 2.49. The lowest BCUT2D eigenvalue weighted by Gasteiger charge is -2.25. The van der Waals surface area contributed by atoms with Crippen LogP contribution in [0.3, 0.4) is 0 Å². The summed E-state index contributed by atoms with van der Waals surface area (Å²) in [5.41, 5.74) is 6.88. The molecule has 0 aliphatic carbocycles. The average molecular weight is 236 g/mol. The van der Waals surface area contributed by atoms with Crippen molar-refractivity contribution in [2.45, 2.75) is 19.5 Å². The molecular weight excluding hydrogens is 220 g/mol. The lowest BCUT2D eigenvalue weighted by atomic mass is 10.1. The number of benzene rings is 1. The number of thiocarbonyl (C=S) groups is 1. The first-order chi connectivity index (χ1) is 7.68. The van der Waals surface area contributed by atoms with E-state index >= 15 is 0 Å². The van der Waals surface area contributed by atoms with Crippen molar-refractivity contribution in [1.82, 2.24) is 4.90 Å². The molecule has 0 fully saturated rings. The number of para-hydroxylation sites is 1. The molecule has 0 spiro atoms. The molecule has 0 saturated carbocycles. The van der Waals surface area contributed by atoms with E-state index in [4.69, 9.17) is 22.7 Å². The second-order valence-corrected chi connectivity index (χ2v) is 4.48. The molecular formula is C12H16N2OS. The summed E-state index contributed by atoms with van der Waals surface area (Å²) in [6.07, 6.45) is 0. The van der Waals surface area contributed by atoms with Crippen LogP contribution in [-0.4, -0.2) is 29.1 Å². The number of nitrogens with zero attached hydrogens (tertiary/aromatic N) is 1. The van der Waals surface area contributed by atoms with Crippen LogP contribution in [0.25, 0.3) is 0 Å². The molecule has 0 aromatic heterocycles. The van der Waals surface area contributed by atoms with E-state index in [0.29, 0.717) is 11.6 Å². The zero-order chi connectivity index (χ0) is 11.5. The molecule has 1 aliphatic rings. The zero-order valence-corrected chi connectivity index (χ0v) is 10.2. The maximum Gasteiger partial charge on any atom is 0.123 e. The molecule has 0 radical (unpaired) electrons. The highest BCUT2D eigenvalue weighted by Crippen LogP contribution is 2.23. The van der Waals surface area contributed by atoms with Crippen LogP contribution in [0.5, 0.6) is 5.75 Å². The SMILES string of the molecule is CC(C(N)=S)N1CCOc2ccccc2C1. The van der Waals surface area contributed by atoms with Crippen LogP contribution in [0.1, 0.15) is 12.5 Å². The summed E-state index contributed by atoms with van der Waals surface area (Å²) in [6, 6.07) is 8.22. The molecule has 0 amide bonds. The standard InChI is InChI=1S/C12H16N2OS/c1-9(12(13)16)14-6-7-15-11-5-3-2-4-10(11)8-14/h2-5,9H,6-8H2,1H3,(H2,13,16). The summed E-state index contributed by atoms with van der Waals surface area (Å²) < 4.78 is 5.68. The first-order valence-corrected chi connectivity index (χ1v) is 5.83. The van der Waals surface area contributed by atoms with Crippen molar-refractivity contribution in [2.24, 2.45) is 5.73 Å². The van der Waals surface area contributed by atoms with Gasteiger partial charge in [0.2, 0.25) is 0 Å². The van der Waals surface area contributed by atoms with E-state index in [0.717, 1.165) is 18.8 Å². The molecule has 16 heavy (non-hydrogen) atoms. The van der Waals surface area contributed by atoms with Gasteiger partial charge in [-0.3, -0.25) is 4.90 Å². The summed E-state index contributed by atoms with van der Waals surface area (Å²) >= 11 is 5.04. The van der Waals surface area contributed by atoms with Crippen molar-refractivity contribution in [3.63, 3.8) is 0 Å². The Morgan fingerprint density at radius 3 is 3.00 bits per heavy atom. The van der Waals surface area contributed by atoms with E-state index in [-0.39, 0.29) is 6.04 Å². The fourth-order valence-electron chi connectivity index (χ4n) is 1.86. The van der Waals surface area contributed by atoms with E-state index in [1.165, 1.54) is 5.56 Å². The van der Waals surface area contributed by atoms with Gasteiger partial charge in [-0.1, -0.05) is 30.4 Å². The molecule has 0 saturated heterocycles. The summed E-state index contributed by atoms with van der Waals surface area (Å²) in [5.74, 6) is 0.972. The molecule has 3 nitrogen and oxygen atoms in total. The molecule has 0 bridgehead atoms. The van der Waals surface area contributed by atoms with Gasteiger partial charge in [0.25, 0.3) is 0 Å². The third kappa shape index (κ3) is 2.33. The smallest absolute Gasteiger partial charge is 0.123 e. The van der Waals surface area contributed by atoms with Crippen LogP contribution in [0.2, 0.25) is 0 Å². The number of nitrogens with two attached hydrogens (primary N) is 1. The fraction of sp³-hybridized carbons (Fsp3) is 0.417. The second-order valence-electron chi connectivity index (χ2n) is 4.01. The molecule has 1 aliphatic heterocycles. The van der Waals surface area contributed by atoms with Crippen molar-refractivity contribution in [3.05, 3.63) is 29.8 Å². The van der Waals surface area contributed by atoms with Gasteiger partial charge in [0.05, 0.1) is 11.0 Å². The Hall–Kier alpha value is -1.13. The number of ether oxygens (including phenoxy) is 1. The van der Waals surface area contributed by atoms with Gasteiger partial charge < -0.3 is 10.5 Å². The van der Waals surface area contributed by atoms with Crippen LogP contribution in [-0.2, 0) is 6.54 Å². The molecule has 4 heteroatoms. The van der Waals surface area contributed by atoms with Gasteiger partial charge in [-0.05, 0) is 13.0 Å². The Bertz CT molecular complexity index is 394. The van der Waals surface area contributed by atoms with E-state index < -0.39 is 0 Å². The minimum absolute atomic E-state index is 0.116. The highest BCUT2D eigenvalue weighted by molar-refractivity contribution is 7.80. The molecule has 1 atom stereocenters. The first kappa shape index (κ1) is 11.4. The largest absolute Gasteiger partial charge is 0.492 e. The molecule has 2 rings (SSSR count). The van der Waals surface area contributed by atoms with Crippen LogP contribution in [0, 0.1) is 0 Å². The van der Waals surface area contributed by atoms with Crippen molar-refractivity contribution in [1.29, 1.82) is 0 Å². The molecule has 1 heterocycles. The Balaban J connectivity index is 2.19. The number of fused-ring (bicyclic) bond motifs is 1. The van der Waals surface area contributed by atoms with Crippen LogP contribution >= 0.6 is 12.2 Å². The van der Waals surface area contributed by atoms with Crippen molar-refractivity contribution in [2.75, 3.05) is 13.2 Å². The van der Waals surface area contributed by atoms with Crippen molar-refractivity contribution < 1.29 is 4.74 Å². The minimum atomic E-state index is 0.116. The Morgan fingerprint density at radius 2 is 2.25 bits per heavy atom. The summed E-state index contributed by atoms with van der Waals surface area (Å²) in [6.45, 7) is 4.42. The number of hydrogen-bond donors (Lipinski definition) is 1. The zero-order valence-electron chi connectivity index (χ0n) is 9.35. The maximum absolute atomic E-state index is 5.69. The topological polar surface area (TPSA) is 38.5 Å². The molecule has 86 valence electrons. The fourth-order valence-corrected chi connectivity index (χ4v) is 2.01. The lowest BCUT2D eigenvalue weighted by molar-refractivity contribution is 0.212. The lowest BCUT2D eigenvalue weighted by Crippen LogP contribution is -2.42. The Morgan fingerprint density at radius 1 is 1.50 bits per heavy atom. The highest BCUT2D eigenvalue weighted by atomic mass is 32.1. The van der Waals surface area contributed by atoms with Crippen LogP contribution in [0.4, 0.5) is 0 Å². The van der Waals surface area contributed by atoms with E-state index in [2.05, 4.69) is 11.0 Å². The normalized spacial score (nSPS) is 18.1. The van der Waals surface area contributed by atoms with Crippen LogP contribution < -0.4 is 10.5 Å². The van der Waals surface area contributed by atoms with Gasteiger partial charge in [-0.15, -0.1) is 0 Å². The molecule has 2 N–H and O–H groups in total. The molecule has 1 aromatic rings. The van der Waals surface area contributed by atoms with Gasteiger partial charge in [0.15, 0.2) is 0 Å². The van der Waals surface area contributed by atoms with Gasteiger partial charge >= 0.3 is 0 Å². The van der Waals surface area contributed by atoms with E-state index in [9.17, 15) is 0 Å². The van der Waals surface area contributed by atoms with E-state index in [1.807, 2.05) is 25.1 Å². The van der Waals surface area contributed by atoms with Crippen LogP contribution in [0.15, 0.2) is 24.3 Å². The third-order valence-electron chi connectivity index (χ3n) is 2.94. The summed E-state index contributed by atoms with van der Waals surface area (Å²) in [4.78, 5) is 2.79. The van der Waals surface area contributed by atoms with Crippen molar-refractivity contribution >= 4 is 17.2 Å². The number of rotatable bonds is 2. The molecule has 1 unspecified atom stereocenters. The highest BCUT2D eigenvalue weighted by Gasteiger charge is 2.20. The third-order valence-corrected chi connectivity index (χ3v) is 3.28. The van der Waals surface area contributed by atoms with Gasteiger partial charge in [0, 0.05) is 18.7 Å². The second kappa shape index (κ2) is 4.80. The van der Waals surface area contributed by atoms with Crippen molar-refractivity contribution in [3.8, 4) is 5.75 Å². The van der Waals surface area contributed by atoms with Gasteiger partial charge in [-0.2, -0.15) is 0 Å². The monoisotopic (exact) mass is 236 g/mol. The number of hydrogen-bond acceptors (Lipinski definition) is 3. The summed E-state index contributed by atoms with van der Waals surface area (Å²) in [7, 11) is 0. The minimum Gasteiger partial charge on any atom is -0.492 e. The van der Waals surface area contributed by atoms with E-state index in [1.54, 1.807) is 0 Å². The Kier molecular flexibility index (Phi) is 3.41. The van der Waals surface area contributed by atoms with Gasteiger partial charge in [-0.25, -0.2) is 0 Å². The van der Waals surface area contributed by atoms with Gasteiger partial charge in [0.1, 0.15) is 12.4 Å². The molecule has 1 aromatic carbocycles. The summed E-state index contributed by atoms with van der Waals surface area (Å²) in [5, 5.41) is 0.